The number of hydrogen-bond donors (Lipinski definition) is 0. The maximum atomic E-state index is 6.01. The van der Waals surface area contributed by atoms with Crippen LogP contribution in [0.4, 0.5) is 5.69 Å². The van der Waals surface area contributed by atoms with Crippen molar-refractivity contribution in [2.45, 2.75) is 40.2 Å². The minimum absolute atomic E-state index is 0.405. The van der Waals surface area contributed by atoms with E-state index in [0.29, 0.717) is 17.7 Å². The zero-order valence-electron chi connectivity index (χ0n) is 17.3. The molecule has 0 saturated heterocycles. The van der Waals surface area contributed by atoms with Gasteiger partial charge < -0.3 is 9.64 Å². The van der Waals surface area contributed by atoms with Gasteiger partial charge in [-0.15, -0.1) is 0 Å². The van der Waals surface area contributed by atoms with Crippen LogP contribution < -0.4 is 4.74 Å². The first-order valence-corrected chi connectivity index (χ1v) is 10.6. The normalized spacial score (nSPS) is 11.4. The van der Waals surface area contributed by atoms with Crippen molar-refractivity contribution in [2.24, 2.45) is 4.99 Å². The van der Waals surface area contributed by atoms with Crippen LogP contribution in [0.3, 0.4) is 0 Å². The predicted molar refractivity (Wildman–Crippen MR) is 121 cm³/mol. The molecule has 0 saturated carbocycles. The fraction of sp³-hybridized carbons (Fsp3) is 0.318. The summed E-state index contributed by atoms with van der Waals surface area (Å²) in [4.78, 5) is 11.2. The van der Waals surface area contributed by atoms with Crippen LogP contribution in [0.5, 0.6) is 10.9 Å². The Morgan fingerprint density at radius 3 is 2.59 bits per heavy atom. The van der Waals surface area contributed by atoms with Crippen molar-refractivity contribution in [2.75, 3.05) is 7.05 Å². The smallest absolute Gasteiger partial charge is 0.298 e. The molecule has 29 heavy (non-hydrogen) atoms. The summed E-state index contributed by atoms with van der Waals surface area (Å²) in [5.74, 6) is 1.51. The number of aryl methyl sites for hydroxylation is 2. The van der Waals surface area contributed by atoms with Gasteiger partial charge in [0, 0.05) is 36.1 Å². The molecule has 2 aromatic carbocycles. The van der Waals surface area contributed by atoms with E-state index in [1.54, 1.807) is 0 Å². The average Bonchev–Trinajstić information content (AvgIpc) is 3.11. The molecule has 0 aliphatic rings. The molecule has 0 bridgehead atoms. The number of aliphatic imine (C=N–C) groups is 1. The van der Waals surface area contributed by atoms with Crippen LogP contribution in [0.25, 0.3) is 0 Å². The fourth-order valence-corrected chi connectivity index (χ4v) is 3.23. The van der Waals surface area contributed by atoms with Crippen molar-refractivity contribution in [3.8, 4) is 10.9 Å². The number of ether oxygens (including phenoxy) is 1. The first-order valence-electron chi connectivity index (χ1n) is 9.44. The lowest BCUT2D eigenvalue weighted by atomic mass is 10.1. The molecule has 0 atom stereocenters. The van der Waals surface area contributed by atoms with Gasteiger partial charge in [0.25, 0.3) is 5.19 Å². The molecule has 1 heterocycles. The molecule has 0 fully saturated rings. The van der Waals surface area contributed by atoms with E-state index in [9.17, 15) is 0 Å². The van der Waals surface area contributed by atoms with Crippen LogP contribution in [0, 0.1) is 13.8 Å². The topological polar surface area (TPSA) is 50.6 Å². The van der Waals surface area contributed by atoms with E-state index in [4.69, 9.17) is 16.3 Å². The summed E-state index contributed by atoms with van der Waals surface area (Å²) >= 11 is 7.19. The monoisotopic (exact) mass is 428 g/mol. The highest BCUT2D eigenvalue weighted by Crippen LogP contribution is 2.32. The number of nitrogens with zero attached hydrogens (tertiary/aromatic N) is 4. The van der Waals surface area contributed by atoms with Crippen LogP contribution >= 0.6 is 23.1 Å². The average molecular weight is 429 g/mol. The number of halogens is 1. The fourth-order valence-electron chi connectivity index (χ4n) is 2.54. The third-order valence-corrected chi connectivity index (χ3v) is 5.49. The number of benzene rings is 2. The Balaban J connectivity index is 1.71. The number of rotatable bonds is 7. The lowest BCUT2D eigenvalue weighted by Gasteiger charge is -2.17. The largest absolute Gasteiger partial charge is 0.430 e. The van der Waals surface area contributed by atoms with Gasteiger partial charge in [-0.1, -0.05) is 23.7 Å². The van der Waals surface area contributed by atoms with Gasteiger partial charge in [-0.2, -0.15) is 9.36 Å². The van der Waals surface area contributed by atoms with E-state index in [1.807, 2.05) is 63.6 Å². The second kappa shape index (κ2) is 9.37. The van der Waals surface area contributed by atoms with E-state index in [0.717, 1.165) is 39.0 Å². The van der Waals surface area contributed by atoms with Crippen molar-refractivity contribution in [1.82, 2.24) is 14.3 Å². The van der Waals surface area contributed by atoms with Crippen molar-refractivity contribution in [3.05, 3.63) is 63.9 Å². The molecule has 0 unspecified atom stereocenters. The molecule has 0 N–H and O–H groups in total. The maximum Gasteiger partial charge on any atom is 0.298 e. The molecule has 3 aromatic rings. The summed E-state index contributed by atoms with van der Waals surface area (Å²) in [6.07, 6.45) is 2.51. The zero-order valence-corrected chi connectivity index (χ0v) is 18.9. The van der Waals surface area contributed by atoms with Gasteiger partial charge in [0.2, 0.25) is 0 Å². The molecule has 0 radical (unpaired) electrons. The zero-order chi connectivity index (χ0) is 21.0. The molecular formula is C22H25ClN4OS. The standard InChI is InChI=1S/C22H25ClN4OS/c1-14(2)27(5)13-24-19-10-16(4)20(11-15(19)3)28-22-25-21(26-29-22)12-17-6-8-18(23)9-7-17/h6-11,13-14H,12H2,1-5H3. The Hall–Kier alpha value is -2.44. The molecule has 0 aliphatic heterocycles. The Morgan fingerprint density at radius 2 is 1.90 bits per heavy atom. The molecule has 5 nitrogen and oxygen atoms in total. The van der Waals surface area contributed by atoms with Gasteiger partial charge in [0.1, 0.15) is 5.75 Å². The van der Waals surface area contributed by atoms with E-state index < -0.39 is 0 Å². The van der Waals surface area contributed by atoms with Gasteiger partial charge >= 0.3 is 0 Å². The van der Waals surface area contributed by atoms with E-state index in [-0.39, 0.29) is 0 Å². The highest BCUT2D eigenvalue weighted by molar-refractivity contribution is 7.07. The summed E-state index contributed by atoms with van der Waals surface area (Å²) < 4.78 is 10.4. The van der Waals surface area contributed by atoms with Gasteiger partial charge in [0.15, 0.2) is 5.82 Å². The summed E-state index contributed by atoms with van der Waals surface area (Å²) in [5.41, 5.74) is 4.09. The predicted octanol–water partition coefficient (Wildman–Crippen LogP) is 6.19. The second-order valence-electron chi connectivity index (χ2n) is 7.29. The van der Waals surface area contributed by atoms with Crippen LogP contribution in [0.2, 0.25) is 5.02 Å². The van der Waals surface area contributed by atoms with E-state index >= 15 is 0 Å². The SMILES string of the molecule is Cc1cc(Oc2nc(Cc3ccc(Cl)cc3)ns2)c(C)cc1N=CN(C)C(C)C. The van der Waals surface area contributed by atoms with Crippen molar-refractivity contribution >= 4 is 35.2 Å². The lowest BCUT2D eigenvalue weighted by Crippen LogP contribution is -2.24. The Labute approximate surface area is 181 Å². The minimum Gasteiger partial charge on any atom is -0.430 e. The first-order chi connectivity index (χ1) is 13.8. The third-order valence-electron chi connectivity index (χ3n) is 4.61. The summed E-state index contributed by atoms with van der Waals surface area (Å²) in [5, 5.41) is 1.26. The third kappa shape index (κ3) is 5.78. The second-order valence-corrected chi connectivity index (χ2v) is 8.44. The van der Waals surface area contributed by atoms with Crippen molar-refractivity contribution in [1.29, 1.82) is 0 Å². The molecule has 0 aliphatic carbocycles. The summed E-state index contributed by atoms with van der Waals surface area (Å²) in [6, 6.07) is 12.1. The summed E-state index contributed by atoms with van der Waals surface area (Å²) in [6.45, 7) is 8.30. The van der Waals surface area contributed by atoms with Gasteiger partial charge in [-0.3, -0.25) is 0 Å². The molecular weight excluding hydrogens is 404 g/mol. The molecule has 7 heteroatoms. The quantitative estimate of drug-likeness (QED) is 0.332. The van der Waals surface area contributed by atoms with Gasteiger partial charge in [0.05, 0.1) is 12.0 Å². The van der Waals surface area contributed by atoms with E-state index in [2.05, 4.69) is 33.1 Å². The van der Waals surface area contributed by atoms with Crippen LogP contribution in [-0.2, 0) is 6.42 Å². The summed E-state index contributed by atoms with van der Waals surface area (Å²) in [7, 11) is 2.02. The molecule has 152 valence electrons. The molecule has 0 spiro atoms. The van der Waals surface area contributed by atoms with Crippen molar-refractivity contribution in [3.63, 3.8) is 0 Å². The van der Waals surface area contributed by atoms with E-state index in [1.165, 1.54) is 11.5 Å². The highest BCUT2D eigenvalue weighted by atomic mass is 35.5. The maximum absolute atomic E-state index is 6.01. The molecule has 0 amide bonds. The van der Waals surface area contributed by atoms with Crippen LogP contribution in [0.1, 0.15) is 36.4 Å². The van der Waals surface area contributed by atoms with Gasteiger partial charge in [-0.05, 0) is 68.7 Å². The van der Waals surface area contributed by atoms with Crippen LogP contribution in [-0.4, -0.2) is 33.7 Å². The number of aromatic nitrogens is 2. The van der Waals surface area contributed by atoms with Gasteiger partial charge in [-0.25, -0.2) is 4.99 Å². The molecule has 1 aromatic heterocycles. The highest BCUT2D eigenvalue weighted by Gasteiger charge is 2.11. The minimum atomic E-state index is 0.405. The van der Waals surface area contributed by atoms with Crippen LogP contribution in [0.15, 0.2) is 41.4 Å². The lowest BCUT2D eigenvalue weighted by molar-refractivity contribution is 0.429. The first kappa shape index (κ1) is 21.3. The Kier molecular flexibility index (Phi) is 6.87. The van der Waals surface area contributed by atoms with Crippen molar-refractivity contribution < 1.29 is 4.74 Å². The molecule has 3 rings (SSSR count). The Bertz CT molecular complexity index is 999. The Morgan fingerprint density at radius 1 is 1.17 bits per heavy atom. The number of hydrogen-bond acceptors (Lipinski definition) is 5.